The molecule has 3 aromatic rings. The second kappa shape index (κ2) is 7.15. The summed E-state index contributed by atoms with van der Waals surface area (Å²) in [6.07, 6.45) is 0.911. The molecule has 0 amide bonds. The summed E-state index contributed by atoms with van der Waals surface area (Å²) in [5, 5.41) is 20.2. The average molecular weight is 377 g/mol. The predicted molar refractivity (Wildman–Crippen MR) is 105 cm³/mol. The number of nitro groups is 1. The Balaban J connectivity index is 1.53. The molecule has 0 atom stereocenters. The van der Waals surface area contributed by atoms with Crippen molar-refractivity contribution in [1.82, 2.24) is 15.0 Å². The van der Waals surface area contributed by atoms with Gasteiger partial charge in [0, 0.05) is 38.3 Å². The maximum absolute atomic E-state index is 11.0. The minimum Gasteiger partial charge on any atom is -0.355 e. The third-order valence-corrected chi connectivity index (χ3v) is 4.97. The number of fused-ring (bicyclic) bond motifs is 1. The lowest BCUT2D eigenvalue weighted by atomic mass is 10.2. The van der Waals surface area contributed by atoms with Gasteiger partial charge in [0.25, 0.3) is 5.69 Å². The Bertz CT molecular complexity index is 1090. The lowest BCUT2D eigenvalue weighted by Crippen LogP contribution is -2.31. The summed E-state index contributed by atoms with van der Waals surface area (Å²) in [5.74, 6) is 1.52. The zero-order chi connectivity index (χ0) is 19.7. The summed E-state index contributed by atoms with van der Waals surface area (Å²) >= 11 is 0. The molecule has 0 saturated carbocycles. The average Bonchev–Trinajstić information content (AvgIpc) is 2.96. The highest BCUT2D eigenvalue weighted by Crippen LogP contribution is 2.24. The number of aryl methyl sites for hydroxylation is 1. The predicted octanol–water partition coefficient (Wildman–Crippen LogP) is 2.76. The van der Waals surface area contributed by atoms with Crippen LogP contribution in [0.3, 0.4) is 0 Å². The number of pyridine rings is 1. The molecule has 1 N–H and O–H groups in total. The number of nitrogens with zero attached hydrogens (tertiary/aromatic N) is 6. The minimum absolute atomic E-state index is 0.0449. The summed E-state index contributed by atoms with van der Waals surface area (Å²) in [5.41, 5.74) is 2.74. The van der Waals surface area contributed by atoms with Crippen molar-refractivity contribution in [3.8, 4) is 6.07 Å². The number of nitrogens with one attached hydrogen (secondary N) is 1. The van der Waals surface area contributed by atoms with Crippen molar-refractivity contribution in [2.45, 2.75) is 13.3 Å². The molecule has 1 aromatic carbocycles. The Morgan fingerprint density at radius 2 is 1.93 bits per heavy atom. The number of aromatic nitrogens is 3. The van der Waals surface area contributed by atoms with Crippen LogP contribution >= 0.6 is 0 Å². The lowest BCUT2D eigenvalue weighted by Gasteiger charge is -2.22. The molecule has 0 radical (unpaired) electrons. The van der Waals surface area contributed by atoms with Crippen molar-refractivity contribution < 1.29 is 4.92 Å². The molecule has 0 spiro atoms. The Labute approximate surface area is 161 Å². The maximum Gasteiger partial charge on any atom is 0.271 e. The molecule has 9 nitrogen and oxygen atoms in total. The molecule has 3 heterocycles. The number of hydrogen-bond acceptors (Lipinski definition) is 7. The molecule has 28 heavy (non-hydrogen) atoms. The molecule has 1 saturated heterocycles. The van der Waals surface area contributed by atoms with Gasteiger partial charge < -0.3 is 14.8 Å². The minimum atomic E-state index is -0.409. The number of hydrogen-bond donors (Lipinski definition) is 1. The van der Waals surface area contributed by atoms with Crippen LogP contribution in [0.25, 0.3) is 11.0 Å². The van der Waals surface area contributed by atoms with Crippen molar-refractivity contribution in [3.05, 3.63) is 51.7 Å². The molecule has 1 fully saturated rings. The van der Waals surface area contributed by atoms with Gasteiger partial charge in [0.1, 0.15) is 17.6 Å². The van der Waals surface area contributed by atoms with E-state index >= 15 is 0 Å². The van der Waals surface area contributed by atoms with Crippen molar-refractivity contribution in [2.75, 3.05) is 36.0 Å². The second-order valence-corrected chi connectivity index (χ2v) is 6.79. The number of non-ortho nitro benzene ring substituents is 1. The molecule has 142 valence electrons. The van der Waals surface area contributed by atoms with Gasteiger partial charge in [-0.2, -0.15) is 5.26 Å². The number of H-pyrrole nitrogens is 1. The van der Waals surface area contributed by atoms with Gasteiger partial charge in [-0.15, -0.1) is 0 Å². The summed E-state index contributed by atoms with van der Waals surface area (Å²) in [7, 11) is 0. The van der Waals surface area contributed by atoms with Gasteiger partial charge in [-0.1, -0.05) is 6.07 Å². The van der Waals surface area contributed by atoms with Gasteiger partial charge in [-0.25, -0.2) is 9.97 Å². The molecule has 4 rings (SSSR count). The van der Waals surface area contributed by atoms with Gasteiger partial charge in [0.15, 0.2) is 0 Å². The Hall–Kier alpha value is -3.67. The van der Waals surface area contributed by atoms with Crippen LogP contribution in [-0.4, -0.2) is 46.1 Å². The fourth-order valence-corrected chi connectivity index (χ4v) is 3.41. The largest absolute Gasteiger partial charge is 0.355 e. The van der Waals surface area contributed by atoms with E-state index in [1.54, 1.807) is 6.07 Å². The number of anilines is 2. The highest BCUT2D eigenvalue weighted by Gasteiger charge is 2.20. The quantitative estimate of drug-likeness (QED) is 0.551. The number of rotatable bonds is 3. The van der Waals surface area contributed by atoms with E-state index in [0.29, 0.717) is 22.7 Å². The molecule has 1 aliphatic heterocycles. The molecule has 0 bridgehead atoms. The zero-order valence-corrected chi connectivity index (χ0v) is 15.4. The first-order valence-corrected chi connectivity index (χ1v) is 9.07. The lowest BCUT2D eigenvalue weighted by molar-refractivity contribution is -0.384. The van der Waals surface area contributed by atoms with Gasteiger partial charge in [0.05, 0.1) is 16.0 Å². The zero-order valence-electron chi connectivity index (χ0n) is 15.4. The van der Waals surface area contributed by atoms with E-state index in [-0.39, 0.29) is 5.69 Å². The van der Waals surface area contributed by atoms with Gasteiger partial charge in [0.2, 0.25) is 5.95 Å². The fourth-order valence-electron chi connectivity index (χ4n) is 3.41. The Morgan fingerprint density at radius 1 is 1.14 bits per heavy atom. The first-order valence-electron chi connectivity index (χ1n) is 9.07. The molecule has 9 heteroatoms. The van der Waals surface area contributed by atoms with E-state index < -0.39 is 4.92 Å². The van der Waals surface area contributed by atoms with Crippen LogP contribution in [0.4, 0.5) is 17.5 Å². The van der Waals surface area contributed by atoms with Crippen LogP contribution in [0.1, 0.15) is 17.7 Å². The highest BCUT2D eigenvalue weighted by atomic mass is 16.6. The smallest absolute Gasteiger partial charge is 0.271 e. The SMILES string of the molecule is Cc1ccc(N2CCCN(c3nc4ccc([N+](=O)[O-])cc4[nH]3)CC2)nc1C#N. The third kappa shape index (κ3) is 3.32. The summed E-state index contributed by atoms with van der Waals surface area (Å²) in [6.45, 7) is 5.02. The molecule has 0 aliphatic carbocycles. The summed E-state index contributed by atoms with van der Waals surface area (Å²) < 4.78 is 0. The van der Waals surface area contributed by atoms with Crippen LogP contribution < -0.4 is 9.80 Å². The normalized spacial score (nSPS) is 14.7. The van der Waals surface area contributed by atoms with Gasteiger partial charge in [-0.05, 0) is 31.0 Å². The van der Waals surface area contributed by atoms with E-state index in [9.17, 15) is 15.4 Å². The summed E-state index contributed by atoms with van der Waals surface area (Å²) in [6, 6.07) is 10.7. The Morgan fingerprint density at radius 3 is 2.71 bits per heavy atom. The van der Waals surface area contributed by atoms with Crippen molar-refractivity contribution in [3.63, 3.8) is 0 Å². The standard InChI is InChI=1S/C19H19N7O2/c1-13-3-6-18(21-17(13)12-20)24-7-2-8-25(10-9-24)19-22-15-5-4-14(26(27)28)11-16(15)23-19/h3-6,11H,2,7-10H2,1H3,(H,22,23). The van der Waals surface area contributed by atoms with E-state index in [1.165, 1.54) is 12.1 Å². The fraction of sp³-hybridized carbons (Fsp3) is 0.316. The van der Waals surface area contributed by atoms with Crippen LogP contribution in [0, 0.1) is 28.4 Å². The molecular weight excluding hydrogens is 358 g/mol. The first-order chi connectivity index (χ1) is 13.5. The second-order valence-electron chi connectivity index (χ2n) is 6.79. The number of nitriles is 1. The van der Waals surface area contributed by atoms with Gasteiger partial charge >= 0.3 is 0 Å². The van der Waals surface area contributed by atoms with Crippen LogP contribution in [0.5, 0.6) is 0 Å². The highest BCUT2D eigenvalue weighted by molar-refractivity contribution is 5.80. The van der Waals surface area contributed by atoms with Crippen LogP contribution in [-0.2, 0) is 0 Å². The number of imidazole rings is 1. The molecule has 0 unspecified atom stereocenters. The van der Waals surface area contributed by atoms with E-state index in [1.807, 2.05) is 19.1 Å². The monoisotopic (exact) mass is 377 g/mol. The van der Waals surface area contributed by atoms with Crippen LogP contribution in [0.2, 0.25) is 0 Å². The molecular formula is C19H19N7O2. The van der Waals surface area contributed by atoms with E-state index in [2.05, 4.69) is 30.8 Å². The molecule has 1 aliphatic rings. The third-order valence-electron chi connectivity index (χ3n) is 4.97. The molecule has 2 aromatic heterocycles. The first kappa shape index (κ1) is 17.7. The van der Waals surface area contributed by atoms with Gasteiger partial charge in [-0.3, -0.25) is 10.1 Å². The Kier molecular flexibility index (Phi) is 4.53. The van der Waals surface area contributed by atoms with E-state index in [4.69, 9.17) is 0 Å². The summed E-state index contributed by atoms with van der Waals surface area (Å²) in [4.78, 5) is 27.1. The maximum atomic E-state index is 11.0. The van der Waals surface area contributed by atoms with Crippen molar-refractivity contribution >= 4 is 28.5 Å². The number of benzene rings is 1. The van der Waals surface area contributed by atoms with E-state index in [0.717, 1.165) is 44.0 Å². The topological polar surface area (TPSA) is 115 Å². The van der Waals surface area contributed by atoms with Crippen molar-refractivity contribution in [1.29, 1.82) is 5.26 Å². The number of aromatic amines is 1. The number of nitro benzene ring substituents is 1. The van der Waals surface area contributed by atoms with Crippen molar-refractivity contribution in [2.24, 2.45) is 0 Å². The van der Waals surface area contributed by atoms with Crippen LogP contribution in [0.15, 0.2) is 30.3 Å².